The first-order valence-corrected chi connectivity index (χ1v) is 8.23. The molecule has 0 saturated heterocycles. The number of para-hydroxylation sites is 1. The number of rotatable bonds is 3. The van der Waals surface area contributed by atoms with Crippen LogP contribution in [0.15, 0.2) is 60.9 Å². The summed E-state index contributed by atoms with van der Waals surface area (Å²) in [5, 5.41) is 12.0. The maximum absolute atomic E-state index is 12.8. The molecule has 0 fully saturated rings. The van der Waals surface area contributed by atoms with E-state index >= 15 is 0 Å². The van der Waals surface area contributed by atoms with E-state index in [1.54, 1.807) is 23.1 Å². The third kappa shape index (κ3) is 2.98. The number of carbonyl (C=O) groups excluding carboxylic acids is 1. The van der Waals surface area contributed by atoms with Crippen molar-refractivity contribution >= 4 is 23.2 Å². The van der Waals surface area contributed by atoms with Crippen LogP contribution in [0.1, 0.15) is 21.5 Å². The first kappa shape index (κ1) is 15.8. The summed E-state index contributed by atoms with van der Waals surface area (Å²) in [4.78, 5) is 23.0. The highest BCUT2D eigenvalue weighted by Crippen LogP contribution is 2.28. The summed E-state index contributed by atoms with van der Waals surface area (Å²) < 4.78 is 0. The van der Waals surface area contributed by atoms with Crippen molar-refractivity contribution in [2.45, 2.75) is 6.42 Å². The van der Waals surface area contributed by atoms with E-state index in [0.717, 1.165) is 17.8 Å². The molecule has 0 spiro atoms. The first-order chi connectivity index (χ1) is 12.7. The van der Waals surface area contributed by atoms with E-state index in [2.05, 4.69) is 21.4 Å². The molecule has 0 radical (unpaired) electrons. The number of anilines is 3. The van der Waals surface area contributed by atoms with Gasteiger partial charge in [0.2, 0.25) is 5.95 Å². The van der Waals surface area contributed by atoms with Gasteiger partial charge in [-0.3, -0.25) is 4.79 Å². The first-order valence-electron chi connectivity index (χ1n) is 8.23. The van der Waals surface area contributed by atoms with Crippen LogP contribution >= 0.6 is 0 Å². The number of aromatic nitrogens is 2. The molecule has 6 nitrogen and oxygen atoms in total. The molecule has 3 aromatic rings. The molecule has 2 aromatic carbocycles. The van der Waals surface area contributed by atoms with Crippen molar-refractivity contribution in [1.82, 2.24) is 9.97 Å². The second-order valence-electron chi connectivity index (χ2n) is 5.95. The number of benzene rings is 2. The van der Waals surface area contributed by atoms with Crippen molar-refractivity contribution in [3.05, 3.63) is 77.6 Å². The fourth-order valence-electron chi connectivity index (χ4n) is 3.00. The number of amides is 1. The van der Waals surface area contributed by atoms with E-state index in [0.29, 0.717) is 23.6 Å². The zero-order valence-corrected chi connectivity index (χ0v) is 13.9. The van der Waals surface area contributed by atoms with Gasteiger partial charge in [-0.05, 0) is 36.2 Å². The fourth-order valence-corrected chi connectivity index (χ4v) is 3.00. The Hall–Kier alpha value is -3.72. The monoisotopic (exact) mass is 341 g/mol. The SMILES string of the molecule is N#Cc1cccc(Nc2ncc(C(=O)N3CCc4ccccc43)cn2)c1. The summed E-state index contributed by atoms with van der Waals surface area (Å²) in [6.07, 6.45) is 3.90. The summed E-state index contributed by atoms with van der Waals surface area (Å²) in [6.45, 7) is 0.666. The Bertz CT molecular complexity index is 1010. The van der Waals surface area contributed by atoms with E-state index in [1.807, 2.05) is 30.3 Å². The number of nitriles is 1. The Kier molecular flexibility index (Phi) is 4.04. The molecular weight excluding hydrogens is 326 g/mol. The van der Waals surface area contributed by atoms with E-state index in [4.69, 9.17) is 5.26 Å². The van der Waals surface area contributed by atoms with Crippen molar-refractivity contribution in [2.24, 2.45) is 0 Å². The van der Waals surface area contributed by atoms with Crippen LogP contribution in [0, 0.1) is 11.3 Å². The number of nitrogens with one attached hydrogen (secondary N) is 1. The van der Waals surface area contributed by atoms with E-state index in [9.17, 15) is 4.79 Å². The smallest absolute Gasteiger partial charge is 0.261 e. The van der Waals surface area contributed by atoms with Crippen molar-refractivity contribution in [1.29, 1.82) is 5.26 Å². The van der Waals surface area contributed by atoms with Crippen LogP contribution < -0.4 is 10.2 Å². The molecule has 126 valence electrons. The molecule has 0 saturated carbocycles. The summed E-state index contributed by atoms with van der Waals surface area (Å²) in [7, 11) is 0. The standard InChI is InChI=1S/C20H15N5O/c21-11-14-4-3-6-17(10-14)24-20-22-12-16(13-23-20)19(26)25-9-8-15-5-1-2-7-18(15)25/h1-7,10,12-13H,8-9H2,(H,22,23,24). The van der Waals surface area contributed by atoms with Crippen LogP contribution in [0.25, 0.3) is 0 Å². The molecule has 1 aromatic heterocycles. The van der Waals surface area contributed by atoms with Crippen LogP contribution in [-0.2, 0) is 6.42 Å². The van der Waals surface area contributed by atoms with E-state index < -0.39 is 0 Å². The lowest BCUT2D eigenvalue weighted by Crippen LogP contribution is -2.29. The summed E-state index contributed by atoms with van der Waals surface area (Å²) in [5.74, 6) is 0.270. The number of hydrogen-bond donors (Lipinski definition) is 1. The molecule has 1 amide bonds. The van der Waals surface area contributed by atoms with E-state index in [1.165, 1.54) is 18.0 Å². The van der Waals surface area contributed by atoms with Crippen LogP contribution in [0.4, 0.5) is 17.3 Å². The molecule has 0 atom stereocenters. The van der Waals surface area contributed by atoms with Crippen molar-refractivity contribution in [2.75, 3.05) is 16.8 Å². The molecule has 6 heteroatoms. The predicted molar refractivity (Wildman–Crippen MR) is 98.3 cm³/mol. The maximum Gasteiger partial charge on any atom is 0.261 e. The molecule has 2 heterocycles. The van der Waals surface area contributed by atoms with Crippen LogP contribution in [0.3, 0.4) is 0 Å². The summed E-state index contributed by atoms with van der Waals surface area (Å²) in [6, 6.07) is 17.0. The zero-order chi connectivity index (χ0) is 17.9. The highest BCUT2D eigenvalue weighted by Gasteiger charge is 2.25. The molecular formula is C20H15N5O. The Morgan fingerprint density at radius 1 is 1.12 bits per heavy atom. The van der Waals surface area contributed by atoms with Crippen molar-refractivity contribution < 1.29 is 4.79 Å². The minimum absolute atomic E-state index is 0.104. The molecule has 1 aliphatic rings. The average Bonchev–Trinajstić information content (AvgIpc) is 3.12. The highest BCUT2D eigenvalue weighted by molar-refractivity contribution is 6.07. The molecule has 1 N–H and O–H groups in total. The number of fused-ring (bicyclic) bond motifs is 1. The Labute approximate surface area is 150 Å². The lowest BCUT2D eigenvalue weighted by atomic mass is 10.2. The third-order valence-electron chi connectivity index (χ3n) is 4.28. The van der Waals surface area contributed by atoms with Crippen LogP contribution in [0.5, 0.6) is 0 Å². The van der Waals surface area contributed by atoms with Crippen molar-refractivity contribution in [3.8, 4) is 6.07 Å². The van der Waals surface area contributed by atoms with Gasteiger partial charge in [-0.25, -0.2) is 9.97 Å². The Morgan fingerprint density at radius 3 is 2.73 bits per heavy atom. The van der Waals surface area contributed by atoms with Gasteiger partial charge in [0.25, 0.3) is 5.91 Å². The van der Waals surface area contributed by atoms with E-state index in [-0.39, 0.29) is 5.91 Å². The Balaban J connectivity index is 1.51. The lowest BCUT2D eigenvalue weighted by molar-refractivity contribution is 0.0988. The van der Waals surface area contributed by atoms with Gasteiger partial charge in [0.1, 0.15) is 0 Å². The second-order valence-corrected chi connectivity index (χ2v) is 5.95. The third-order valence-corrected chi connectivity index (χ3v) is 4.28. The summed E-state index contributed by atoms with van der Waals surface area (Å²) in [5.41, 5.74) is 3.84. The van der Waals surface area contributed by atoms with Crippen LogP contribution in [-0.4, -0.2) is 22.4 Å². The van der Waals surface area contributed by atoms with Gasteiger partial charge in [-0.2, -0.15) is 5.26 Å². The minimum atomic E-state index is -0.104. The average molecular weight is 341 g/mol. The zero-order valence-electron chi connectivity index (χ0n) is 13.9. The van der Waals surface area contributed by atoms with Crippen LogP contribution in [0.2, 0.25) is 0 Å². The molecule has 26 heavy (non-hydrogen) atoms. The lowest BCUT2D eigenvalue weighted by Gasteiger charge is -2.17. The summed E-state index contributed by atoms with van der Waals surface area (Å²) >= 11 is 0. The molecule has 0 bridgehead atoms. The molecule has 1 aliphatic heterocycles. The molecule has 0 unspecified atom stereocenters. The quantitative estimate of drug-likeness (QED) is 0.790. The predicted octanol–water partition coefficient (Wildman–Crippen LogP) is 3.29. The highest BCUT2D eigenvalue weighted by atomic mass is 16.2. The van der Waals surface area contributed by atoms with Crippen molar-refractivity contribution in [3.63, 3.8) is 0 Å². The normalized spacial score (nSPS) is 12.3. The van der Waals surface area contributed by atoms with Gasteiger partial charge in [0.05, 0.1) is 17.2 Å². The topological polar surface area (TPSA) is 81.9 Å². The second kappa shape index (κ2) is 6.65. The van der Waals surface area contributed by atoms with Gasteiger partial charge in [0.15, 0.2) is 0 Å². The molecule has 0 aliphatic carbocycles. The van der Waals surface area contributed by atoms with Gasteiger partial charge < -0.3 is 10.2 Å². The maximum atomic E-state index is 12.8. The largest absolute Gasteiger partial charge is 0.324 e. The number of nitrogens with zero attached hydrogens (tertiary/aromatic N) is 4. The number of hydrogen-bond acceptors (Lipinski definition) is 5. The van der Waals surface area contributed by atoms with Gasteiger partial charge in [0, 0.05) is 30.3 Å². The fraction of sp³-hybridized carbons (Fsp3) is 0.100. The van der Waals surface area contributed by atoms with Gasteiger partial charge >= 0.3 is 0 Å². The number of carbonyl (C=O) groups is 1. The Morgan fingerprint density at radius 2 is 1.92 bits per heavy atom. The van der Waals surface area contributed by atoms with Gasteiger partial charge in [-0.1, -0.05) is 24.3 Å². The van der Waals surface area contributed by atoms with Gasteiger partial charge in [-0.15, -0.1) is 0 Å². The minimum Gasteiger partial charge on any atom is -0.324 e. The molecule has 4 rings (SSSR count).